The van der Waals surface area contributed by atoms with E-state index in [0.717, 1.165) is 56.7 Å². The van der Waals surface area contributed by atoms with Crippen LogP contribution < -0.4 is 10.2 Å². The number of guanidine groups is 1. The molecule has 0 saturated carbocycles. The minimum atomic E-state index is 0. The molecular formula is C17H26IN7S. The van der Waals surface area contributed by atoms with E-state index in [4.69, 9.17) is 4.99 Å². The molecule has 1 fully saturated rings. The lowest BCUT2D eigenvalue weighted by molar-refractivity contribution is 0.370. The maximum absolute atomic E-state index is 4.78. The molecule has 2 aromatic rings. The van der Waals surface area contributed by atoms with Crippen molar-refractivity contribution >= 4 is 47.2 Å². The molecule has 0 radical (unpaired) electrons. The van der Waals surface area contributed by atoms with Crippen molar-refractivity contribution in [3.8, 4) is 0 Å². The second-order valence-corrected chi connectivity index (χ2v) is 6.72. The number of hydrogen-bond acceptors (Lipinski definition) is 6. The van der Waals surface area contributed by atoms with Crippen LogP contribution in [0.3, 0.4) is 0 Å². The van der Waals surface area contributed by atoms with E-state index >= 15 is 0 Å². The summed E-state index contributed by atoms with van der Waals surface area (Å²) in [5.74, 6) is 1.76. The van der Waals surface area contributed by atoms with E-state index in [0.29, 0.717) is 6.54 Å². The van der Waals surface area contributed by atoms with E-state index in [9.17, 15) is 0 Å². The highest BCUT2D eigenvalue weighted by Crippen LogP contribution is 2.12. The van der Waals surface area contributed by atoms with E-state index in [1.807, 2.05) is 6.07 Å². The first kappa shape index (κ1) is 20.8. The van der Waals surface area contributed by atoms with Gasteiger partial charge in [-0.1, -0.05) is 6.92 Å². The molecule has 1 saturated heterocycles. The van der Waals surface area contributed by atoms with E-state index in [1.54, 1.807) is 23.7 Å². The third-order valence-electron chi connectivity index (χ3n) is 4.04. The highest BCUT2D eigenvalue weighted by molar-refractivity contribution is 14.0. The van der Waals surface area contributed by atoms with Gasteiger partial charge in [0.2, 0.25) is 5.95 Å². The Hall–Kier alpha value is -1.49. The average Bonchev–Trinajstić information content (AvgIpc) is 3.14. The van der Waals surface area contributed by atoms with E-state index in [2.05, 4.69) is 49.3 Å². The van der Waals surface area contributed by atoms with Crippen molar-refractivity contribution in [1.82, 2.24) is 25.2 Å². The van der Waals surface area contributed by atoms with Crippen LogP contribution in [0.1, 0.15) is 24.5 Å². The van der Waals surface area contributed by atoms with Crippen LogP contribution in [0.15, 0.2) is 28.8 Å². The van der Waals surface area contributed by atoms with Crippen molar-refractivity contribution in [1.29, 1.82) is 0 Å². The highest BCUT2D eigenvalue weighted by atomic mass is 127. The number of hydrogen-bond donors (Lipinski definition) is 1. The molecule has 0 bridgehead atoms. The molecule has 0 spiro atoms. The van der Waals surface area contributed by atoms with Crippen LogP contribution in [0, 0.1) is 0 Å². The fourth-order valence-corrected chi connectivity index (χ4v) is 3.47. The summed E-state index contributed by atoms with van der Waals surface area (Å²) in [4.78, 5) is 22.6. The van der Waals surface area contributed by atoms with Gasteiger partial charge in [-0.05, 0) is 19.4 Å². The zero-order chi connectivity index (χ0) is 17.5. The molecule has 142 valence electrons. The van der Waals surface area contributed by atoms with E-state index in [-0.39, 0.29) is 24.0 Å². The van der Waals surface area contributed by atoms with Gasteiger partial charge in [0, 0.05) is 50.5 Å². The van der Waals surface area contributed by atoms with Crippen molar-refractivity contribution in [2.24, 2.45) is 4.99 Å². The van der Waals surface area contributed by atoms with Gasteiger partial charge in [-0.15, -0.1) is 35.3 Å². The maximum Gasteiger partial charge on any atom is 0.225 e. The lowest BCUT2D eigenvalue weighted by Crippen LogP contribution is -2.53. The van der Waals surface area contributed by atoms with Crippen molar-refractivity contribution < 1.29 is 0 Å². The number of nitrogens with one attached hydrogen (secondary N) is 1. The summed E-state index contributed by atoms with van der Waals surface area (Å²) < 4.78 is 0. The summed E-state index contributed by atoms with van der Waals surface area (Å²) >= 11 is 1.71. The van der Waals surface area contributed by atoms with Gasteiger partial charge in [-0.2, -0.15) is 0 Å². The summed E-state index contributed by atoms with van der Waals surface area (Å²) in [5.41, 5.74) is 1.05. The number of aliphatic imine (C=N–C) groups is 1. The summed E-state index contributed by atoms with van der Waals surface area (Å²) in [7, 11) is 0. The number of anilines is 1. The van der Waals surface area contributed by atoms with Crippen LogP contribution in [0.4, 0.5) is 5.95 Å². The third-order valence-corrected chi connectivity index (χ3v) is 5.08. The monoisotopic (exact) mass is 487 g/mol. The molecule has 0 aliphatic carbocycles. The number of halogens is 1. The van der Waals surface area contributed by atoms with Crippen LogP contribution >= 0.6 is 35.3 Å². The van der Waals surface area contributed by atoms with E-state index < -0.39 is 0 Å². The Kier molecular flexibility index (Phi) is 8.49. The second-order valence-electron chi connectivity index (χ2n) is 5.78. The van der Waals surface area contributed by atoms with Gasteiger partial charge in [0.1, 0.15) is 0 Å². The van der Waals surface area contributed by atoms with Crippen LogP contribution in [0.2, 0.25) is 0 Å². The van der Waals surface area contributed by atoms with Gasteiger partial charge < -0.3 is 15.1 Å². The molecule has 3 heterocycles. The Morgan fingerprint density at radius 3 is 2.54 bits per heavy atom. The normalized spacial score (nSPS) is 14.9. The Balaban J connectivity index is 0.00000243. The molecule has 0 atom stereocenters. The summed E-state index contributed by atoms with van der Waals surface area (Å²) in [6.45, 7) is 9.31. The molecule has 3 rings (SSSR count). The molecular weight excluding hydrogens is 461 g/mol. The number of piperazine rings is 1. The zero-order valence-corrected chi connectivity index (χ0v) is 18.4. The summed E-state index contributed by atoms with van der Waals surface area (Å²) in [5, 5.41) is 6.68. The van der Waals surface area contributed by atoms with Gasteiger partial charge in [0.05, 0.1) is 17.2 Å². The Labute approximate surface area is 176 Å². The topological polar surface area (TPSA) is 69.5 Å². The maximum atomic E-state index is 4.78. The fourth-order valence-electron chi connectivity index (χ4n) is 2.74. The summed E-state index contributed by atoms with van der Waals surface area (Å²) in [6, 6.07) is 1.85. The van der Waals surface area contributed by atoms with Gasteiger partial charge in [0.25, 0.3) is 0 Å². The quantitative estimate of drug-likeness (QED) is 0.397. The van der Waals surface area contributed by atoms with E-state index in [1.165, 1.54) is 5.01 Å². The van der Waals surface area contributed by atoms with Crippen LogP contribution in [-0.4, -0.2) is 58.5 Å². The molecule has 1 N–H and O–H groups in total. The third kappa shape index (κ3) is 5.50. The minimum Gasteiger partial charge on any atom is -0.357 e. The number of nitrogens with zero attached hydrogens (tertiary/aromatic N) is 6. The lowest BCUT2D eigenvalue weighted by Gasteiger charge is -2.36. The Bertz CT molecular complexity index is 683. The van der Waals surface area contributed by atoms with Crippen molar-refractivity contribution in [2.75, 3.05) is 37.6 Å². The molecule has 26 heavy (non-hydrogen) atoms. The predicted octanol–water partition coefficient (Wildman–Crippen LogP) is 2.40. The molecule has 1 aliphatic heterocycles. The fraction of sp³-hybridized carbons (Fsp3) is 0.529. The number of rotatable bonds is 5. The Morgan fingerprint density at radius 2 is 1.92 bits per heavy atom. The molecule has 7 nitrogen and oxygen atoms in total. The van der Waals surface area contributed by atoms with Crippen molar-refractivity contribution in [2.45, 2.75) is 26.8 Å². The Morgan fingerprint density at radius 1 is 1.19 bits per heavy atom. The number of thiazole rings is 1. The van der Waals surface area contributed by atoms with Gasteiger partial charge in [-0.25, -0.2) is 19.9 Å². The molecule has 9 heteroatoms. The molecule has 0 unspecified atom stereocenters. The summed E-state index contributed by atoms with van der Waals surface area (Å²) in [6.07, 6.45) is 4.56. The molecule has 0 amide bonds. The van der Waals surface area contributed by atoms with Crippen LogP contribution in [0.5, 0.6) is 0 Å². The number of aryl methyl sites for hydroxylation is 1. The van der Waals surface area contributed by atoms with Crippen molar-refractivity contribution in [3.05, 3.63) is 34.5 Å². The van der Waals surface area contributed by atoms with Gasteiger partial charge in [-0.3, -0.25) is 0 Å². The van der Waals surface area contributed by atoms with Gasteiger partial charge >= 0.3 is 0 Å². The highest BCUT2D eigenvalue weighted by Gasteiger charge is 2.21. The van der Waals surface area contributed by atoms with Crippen LogP contribution in [-0.2, 0) is 13.0 Å². The van der Waals surface area contributed by atoms with Crippen molar-refractivity contribution in [3.63, 3.8) is 0 Å². The molecule has 0 aromatic carbocycles. The minimum absolute atomic E-state index is 0. The first-order valence-electron chi connectivity index (χ1n) is 8.78. The first-order chi connectivity index (χ1) is 12.3. The largest absolute Gasteiger partial charge is 0.357 e. The first-order valence-corrected chi connectivity index (χ1v) is 9.66. The zero-order valence-electron chi connectivity index (χ0n) is 15.3. The molecule has 1 aliphatic rings. The second kappa shape index (κ2) is 10.6. The lowest BCUT2D eigenvalue weighted by atomic mass is 10.3. The van der Waals surface area contributed by atoms with Crippen LogP contribution in [0.25, 0.3) is 0 Å². The standard InChI is InChI=1S/C17H25N7S.HI/c1-3-15-22-14(13-25-15)12-21-16(18-4-2)23-8-10-24(11-9-23)17-19-6-5-7-20-17;/h5-7,13H,3-4,8-12H2,1-2H3,(H,18,21);1H. The SMILES string of the molecule is CCNC(=NCc1csc(CC)n1)N1CCN(c2ncccn2)CC1.I. The van der Waals surface area contributed by atoms with Gasteiger partial charge in [0.15, 0.2) is 5.96 Å². The predicted molar refractivity (Wildman–Crippen MR) is 118 cm³/mol. The smallest absolute Gasteiger partial charge is 0.225 e. The molecule has 2 aromatic heterocycles. The number of aromatic nitrogens is 3. The average molecular weight is 487 g/mol.